The van der Waals surface area contributed by atoms with Gasteiger partial charge in [-0.3, -0.25) is 24.0 Å². The van der Waals surface area contributed by atoms with Crippen LogP contribution in [0.1, 0.15) is 87.4 Å². The highest BCUT2D eigenvalue weighted by Crippen LogP contribution is 2.50. The van der Waals surface area contributed by atoms with Crippen LogP contribution in [0.3, 0.4) is 0 Å². The fourth-order valence-electron chi connectivity index (χ4n) is 13.5. The number of nitrogens with zero attached hydrogens (tertiary/aromatic N) is 1. The van der Waals surface area contributed by atoms with Gasteiger partial charge in [0.1, 0.15) is 30.2 Å². The second-order valence-electron chi connectivity index (χ2n) is 25.0. The molecule has 0 spiro atoms. The molecule has 6 fully saturated rings. The number of esters is 1. The summed E-state index contributed by atoms with van der Waals surface area (Å²) >= 11 is 8.30. The van der Waals surface area contributed by atoms with Gasteiger partial charge in [-0.1, -0.05) is 65.8 Å². The maximum Gasteiger partial charge on any atom is 0.306 e. The van der Waals surface area contributed by atoms with Gasteiger partial charge in [-0.2, -0.15) is 17.2 Å². The van der Waals surface area contributed by atoms with Gasteiger partial charge in [0.05, 0.1) is 104 Å². The third kappa shape index (κ3) is 18.2. The minimum atomic E-state index is -2.03. The summed E-state index contributed by atoms with van der Waals surface area (Å²) in [6.07, 6.45) is -11.4. The third-order valence-corrected chi connectivity index (χ3v) is 25.2. The van der Waals surface area contributed by atoms with Gasteiger partial charge in [0, 0.05) is 84.2 Å². The second kappa shape index (κ2) is 35.4. The Morgan fingerprint density at radius 2 is 1.65 bits per heavy atom. The first kappa shape index (κ1) is 77.4. The Kier molecular flexibility index (Phi) is 28.3. The van der Waals surface area contributed by atoms with Crippen molar-refractivity contribution < 1.29 is 107 Å². The number of allylic oxidation sites excluding steroid dienone is 2. The fraction of sp³-hybridized carbons (Fsp3) is 0.647. The van der Waals surface area contributed by atoms with Crippen LogP contribution in [-0.2, 0) is 64.6 Å². The number of aliphatic hydroxyl groups excluding tert-OH is 6. The summed E-state index contributed by atoms with van der Waals surface area (Å²) in [7, 11) is 3.91. The Bertz CT molecular complexity index is 3270. The highest BCUT2D eigenvalue weighted by molar-refractivity contribution is 14.1. The predicted molar refractivity (Wildman–Crippen MR) is 371 cm³/mol. The van der Waals surface area contributed by atoms with E-state index >= 15 is 0 Å². The van der Waals surface area contributed by atoms with Gasteiger partial charge in [-0.15, -0.1) is 23.5 Å². The van der Waals surface area contributed by atoms with Crippen molar-refractivity contribution in [3.63, 3.8) is 0 Å². The molecule has 534 valence electrons. The number of likely N-dealkylation sites (N-methyl/N-ethyl adjacent to an activating group) is 1. The number of thioether (sulfide) groups is 4. The van der Waals surface area contributed by atoms with Crippen LogP contribution in [0.5, 0.6) is 17.2 Å². The lowest BCUT2D eigenvalue weighted by molar-refractivity contribution is -0.339. The Balaban J connectivity index is 0.951. The number of hydrogen-bond acceptors (Lipinski definition) is 27. The molecular weight excluding hydrogens is 1450 g/mol. The van der Waals surface area contributed by atoms with Crippen molar-refractivity contribution in [1.29, 1.82) is 0 Å². The molecule has 5 aliphatic heterocycles. The highest BCUT2D eigenvalue weighted by atomic mass is 127. The summed E-state index contributed by atoms with van der Waals surface area (Å²) in [5.41, 5.74) is 4.07. The van der Waals surface area contributed by atoms with Gasteiger partial charge in [0.25, 0.3) is 0 Å². The van der Waals surface area contributed by atoms with E-state index in [0.29, 0.717) is 38.0 Å². The molecule has 0 radical (unpaired) electrons. The average Bonchev–Trinajstić information content (AvgIpc) is 0.827. The Morgan fingerprint density at radius 1 is 0.907 bits per heavy atom. The number of ketones is 1. The summed E-state index contributed by atoms with van der Waals surface area (Å²) in [6.45, 7) is 9.24. The monoisotopic (exact) mass is 1540 g/mol. The molecule has 1 saturated carbocycles. The predicted octanol–water partition coefficient (Wildman–Crippen LogP) is 4.45. The zero-order valence-corrected chi connectivity index (χ0v) is 61.0. The van der Waals surface area contributed by atoms with E-state index in [-0.39, 0.29) is 54.8 Å². The molecule has 5 heterocycles. The van der Waals surface area contributed by atoms with Gasteiger partial charge in [0.2, 0.25) is 23.1 Å². The van der Waals surface area contributed by atoms with Crippen LogP contribution in [0.15, 0.2) is 48.1 Å². The van der Waals surface area contributed by atoms with Crippen LogP contribution in [0.4, 0.5) is 0 Å². The van der Waals surface area contributed by atoms with E-state index in [9.17, 15) is 54.9 Å². The number of rotatable bonds is 25. The number of nitrogens with one attached hydrogen (secondary N) is 1. The molecule has 29 heteroatoms. The van der Waals surface area contributed by atoms with E-state index in [0.717, 1.165) is 34.6 Å². The molecule has 5 saturated heterocycles. The number of carbonyl (C=O) groups excluding carboxylic acids is 4. The first-order chi connectivity index (χ1) is 46.5. The largest absolute Gasteiger partial charge is 0.492 e. The molecule has 8 N–H and O–H groups in total. The highest BCUT2D eigenvalue weighted by Gasteiger charge is 2.55. The van der Waals surface area contributed by atoms with E-state index in [2.05, 4.69) is 53.4 Å². The number of aliphatic hydroxyl groups is 7. The lowest BCUT2D eigenvalue weighted by Gasteiger charge is -2.48. The lowest BCUT2D eigenvalue weighted by Crippen LogP contribution is -2.65. The molecule has 7 aliphatic rings. The summed E-state index contributed by atoms with van der Waals surface area (Å²) in [5, 5.41) is 79.9. The molecule has 2 aromatic rings. The normalized spacial score (nSPS) is 35.7. The zero-order chi connectivity index (χ0) is 70.0. The minimum Gasteiger partial charge on any atom is -0.492 e. The molecular formula is C68H89IN2O22S4. The van der Waals surface area contributed by atoms with Crippen molar-refractivity contribution in [2.45, 2.75) is 188 Å². The van der Waals surface area contributed by atoms with Crippen molar-refractivity contribution in [1.82, 2.24) is 10.4 Å². The van der Waals surface area contributed by atoms with Crippen LogP contribution in [0.2, 0.25) is 0 Å². The second-order valence-corrected chi connectivity index (χ2v) is 31.0. The van der Waals surface area contributed by atoms with Crippen LogP contribution in [0, 0.1) is 57.8 Å². The number of halogens is 1. The number of benzene rings is 2. The van der Waals surface area contributed by atoms with E-state index in [4.69, 9.17) is 52.2 Å². The van der Waals surface area contributed by atoms with E-state index in [1.54, 1.807) is 44.4 Å². The quantitative estimate of drug-likeness (QED) is 0.0170. The third-order valence-electron chi connectivity index (χ3n) is 18.7. The van der Waals surface area contributed by atoms with Crippen molar-refractivity contribution in [2.75, 3.05) is 64.3 Å². The van der Waals surface area contributed by atoms with Gasteiger partial charge < -0.3 is 88.0 Å². The maximum absolute atomic E-state index is 14.5. The molecule has 1 amide bonds. The molecule has 24 nitrogen and oxygen atoms in total. The van der Waals surface area contributed by atoms with Gasteiger partial charge in [0.15, 0.2) is 36.0 Å². The lowest BCUT2D eigenvalue weighted by atomic mass is 9.64. The fourth-order valence-corrected chi connectivity index (χ4v) is 19.0. The average molecular weight is 1540 g/mol. The molecule has 97 heavy (non-hydrogen) atoms. The first-order valence-electron chi connectivity index (χ1n) is 32.4. The maximum atomic E-state index is 14.5. The van der Waals surface area contributed by atoms with Crippen molar-refractivity contribution in [3.8, 4) is 40.9 Å². The number of carbonyl (C=O) groups is 4. The number of hydrogen-bond donors (Lipinski definition) is 8. The Hall–Kier alpha value is -3.75. The van der Waals surface area contributed by atoms with Gasteiger partial charge in [-0.25, -0.2) is 0 Å². The van der Waals surface area contributed by atoms with Crippen LogP contribution in [0.25, 0.3) is 0 Å². The number of methoxy groups -OCH3 is 3. The Morgan fingerprint density at radius 3 is 2.33 bits per heavy atom. The van der Waals surface area contributed by atoms with Crippen molar-refractivity contribution in [2.24, 2.45) is 23.7 Å². The van der Waals surface area contributed by atoms with E-state index in [1.165, 1.54) is 46.0 Å². The molecule has 22 atom stereocenters. The number of fused-ring (bicyclic) bond motifs is 2. The zero-order valence-electron chi connectivity index (χ0n) is 55.6. The van der Waals surface area contributed by atoms with Crippen LogP contribution < -0.4 is 19.7 Å². The van der Waals surface area contributed by atoms with Crippen LogP contribution in [-0.4, -0.2) is 236 Å². The summed E-state index contributed by atoms with van der Waals surface area (Å²) < 4.78 is 62.1. The molecule has 2 aliphatic carbocycles. The number of Topliss-reactive ketones (excluding diaryl/α,β-unsaturated/α-hetero) is 1. The Labute approximate surface area is 596 Å². The molecule has 9 rings (SSSR count). The van der Waals surface area contributed by atoms with Gasteiger partial charge >= 0.3 is 5.97 Å². The van der Waals surface area contributed by atoms with E-state index in [1.807, 2.05) is 59.1 Å². The smallest absolute Gasteiger partial charge is 0.306 e. The summed E-state index contributed by atoms with van der Waals surface area (Å²) in [6, 6.07) is 6.84. The topological polar surface area (TPSA) is 327 Å². The van der Waals surface area contributed by atoms with E-state index < -0.39 is 163 Å². The minimum absolute atomic E-state index is 0.00256. The number of amides is 1. The molecule has 2 bridgehead atoms. The number of ether oxygens (including phenoxy) is 10. The number of hydroxylamine groups is 1. The molecule has 18 unspecified atom stereocenters. The standard InChI is InChI=1S/C68H89IN2O22S4/c1-10-71(38(6)74)46-30-86-51(24-41(46)28-72)91-62-59(80)56(70-93-52-26-47(75)64(37(5)87-52)97-65(81)53-34(2)55(69)61(63(85-9)60(53)84-8)92-66-58(79)44(29-73)57(78)36(4)89-66)35(3)88-67(62)90-49-18-13-11-12-14-20-68(82)27-48(76)43(25-50(77)83-7)54(49)45(68)19-21-94-31-40-17-15-16-39(22-40)23-42-32-95-33-96-42/h11-12,15-17,19,22,35-37,41-44,46-47,49,51-52,54,56-59,62,64,66-67,70,72-73,75,78-80,82H,10,21,23-33H2,1-9H3/b12-11-,45-19-/t35?,36?,37?,41?,42-,43?,44?,46?,47?,49+,51?,52?,54+,56?,57?,58?,59?,62?,64?,66?,67?,68+/m1/s1. The molecule has 0 aromatic heterocycles. The van der Waals surface area contributed by atoms with Crippen molar-refractivity contribution in [3.05, 3.63) is 73.9 Å². The van der Waals surface area contributed by atoms with Crippen molar-refractivity contribution >= 4 is 92.4 Å². The molecule has 2 aromatic carbocycles. The van der Waals surface area contributed by atoms with Gasteiger partial charge in [-0.05, 0) is 98.0 Å². The SMILES string of the molecule is CCN(C(C)=O)C1COC(OC2C(O[C@H]3C#C/C=C\C#C[C@]4(O)CC(=O)C(CC(=O)OC)[C@H]3/C4=C/CSCc3cccc(C[C@@H]4CSCS4)c3)OC(C)C(NOC3CC(O)C(SC(=O)c4c(C)c(I)c(OC5OC(C)C(O)C(CO)C5O)c(OC)c4OC)C(C)O3)C2O)CC1CO. The summed E-state index contributed by atoms with van der Waals surface area (Å²) in [5.74, 6) is 8.87. The van der Waals surface area contributed by atoms with Crippen LogP contribution >= 0.6 is 69.6 Å². The first-order valence-corrected chi connectivity index (χ1v) is 37.7. The summed E-state index contributed by atoms with van der Waals surface area (Å²) in [4.78, 5) is 63.0.